The molecule has 16 rings (SSSR count). The second kappa shape index (κ2) is 46.4. The van der Waals surface area contributed by atoms with E-state index in [2.05, 4.69) is 421 Å². The van der Waals surface area contributed by atoms with Crippen molar-refractivity contribution in [2.75, 3.05) is 46.0 Å². The number of hydrogen-bond donors (Lipinski definition) is 0. The number of aryl methyl sites for hydroxylation is 2. The predicted molar refractivity (Wildman–Crippen MR) is 582 cm³/mol. The first-order valence-corrected chi connectivity index (χ1v) is 54.2. The Morgan fingerprint density at radius 1 is 0.391 bits per heavy atom. The maximum atomic E-state index is 12.0. The monoisotopic (exact) mass is 1840 g/mol. The van der Waals surface area contributed by atoms with Crippen molar-refractivity contribution in [2.45, 2.75) is 307 Å². The molecule has 2 unspecified atom stereocenters. The number of para-hydroxylation sites is 7. The predicted octanol–water partition coefficient (Wildman–Crippen LogP) is 32.0. The number of hydrogen-bond acceptors (Lipinski definition) is 10. The topological polar surface area (TPSA) is 103 Å². The average Bonchev–Trinajstić information content (AvgIpc) is 1.47. The van der Waals surface area contributed by atoms with E-state index in [4.69, 9.17) is 9.98 Å². The van der Waals surface area contributed by atoms with Gasteiger partial charge in [0.1, 0.15) is 11.4 Å². The lowest BCUT2D eigenvalue weighted by molar-refractivity contribution is 0.0981. The van der Waals surface area contributed by atoms with Gasteiger partial charge in [-0.1, -0.05) is 332 Å². The molecule has 3 aromatic heterocycles. The fraction of sp³-hybridized carbons (Fsp3) is 0.445. The molecule has 14 heteroatoms. The van der Waals surface area contributed by atoms with E-state index in [9.17, 15) is 9.59 Å². The van der Waals surface area contributed by atoms with E-state index in [0.29, 0.717) is 71.3 Å². The van der Waals surface area contributed by atoms with Crippen molar-refractivity contribution < 1.29 is 9.59 Å². The van der Waals surface area contributed by atoms with Crippen LogP contribution in [0.3, 0.4) is 0 Å². The van der Waals surface area contributed by atoms with Crippen molar-refractivity contribution in [3.63, 3.8) is 0 Å². The highest BCUT2D eigenvalue weighted by atomic mass is 31.1. The van der Waals surface area contributed by atoms with Crippen LogP contribution < -0.4 is 25.0 Å². The molecule has 706 valence electrons. The normalized spacial score (nSPS) is 15.9. The second-order valence-corrected chi connectivity index (χ2v) is 52.3. The Hall–Kier alpha value is -9.49. The number of carbonyl (C=O) groups is 2. The number of carbonyl (C=O) groups excluding carboxylic acids is 2. The lowest BCUT2D eigenvalue weighted by Gasteiger charge is -2.52. The van der Waals surface area contributed by atoms with Gasteiger partial charge in [-0.05, 0) is 266 Å². The van der Waals surface area contributed by atoms with E-state index in [1.165, 1.54) is 86.5 Å². The largest absolute Gasteiger partial charge is 0.352 e. The van der Waals surface area contributed by atoms with Gasteiger partial charge < -0.3 is 24.2 Å². The number of pyridine rings is 2. The van der Waals surface area contributed by atoms with Gasteiger partial charge in [-0.15, -0.1) is 0 Å². The van der Waals surface area contributed by atoms with Gasteiger partial charge in [0, 0.05) is 67.7 Å². The Kier molecular flexibility index (Phi) is 36.3. The van der Waals surface area contributed by atoms with Crippen molar-refractivity contribution >= 4 is 86.3 Å². The molecule has 0 amide bonds. The van der Waals surface area contributed by atoms with Crippen LogP contribution in [0.2, 0.25) is 0 Å². The minimum Gasteiger partial charge on any atom is -0.352 e. The smallest absolute Gasteiger partial charge is 0.180 e. The highest BCUT2D eigenvalue weighted by Crippen LogP contribution is 2.61. The molecule has 2 bridgehead atoms. The summed E-state index contributed by atoms with van der Waals surface area (Å²) >= 11 is 0. The first-order valence-electron chi connectivity index (χ1n) is 49.5. The third kappa shape index (κ3) is 25.2. The van der Waals surface area contributed by atoms with Crippen LogP contribution in [0.1, 0.15) is 330 Å². The maximum absolute atomic E-state index is 12.0. The van der Waals surface area contributed by atoms with Crippen LogP contribution in [0.15, 0.2) is 247 Å². The molecule has 133 heavy (non-hydrogen) atoms. The molecule has 11 nitrogen and oxygen atoms in total. The van der Waals surface area contributed by atoms with Gasteiger partial charge >= 0.3 is 0 Å². The number of nitrogens with zero attached hydrogens (tertiary/aromatic N) is 9. The minimum absolute atomic E-state index is 0.0339. The molecular weight excluding hydrogens is 1680 g/mol. The zero-order chi connectivity index (χ0) is 96.8. The fourth-order valence-electron chi connectivity index (χ4n) is 20.5. The quantitative estimate of drug-likeness (QED) is 0.0285. The number of aliphatic imine (C=N–C) groups is 2. The van der Waals surface area contributed by atoms with Gasteiger partial charge in [-0.3, -0.25) is 19.6 Å². The number of benzene rings is 8. The minimum atomic E-state index is -0.295. The summed E-state index contributed by atoms with van der Waals surface area (Å²) in [6.07, 6.45) is 6.01. The molecule has 0 saturated heterocycles. The van der Waals surface area contributed by atoms with Crippen molar-refractivity contribution in [3.05, 3.63) is 321 Å². The Morgan fingerprint density at radius 3 is 1.16 bits per heavy atom. The molecule has 11 aromatic rings. The summed E-state index contributed by atoms with van der Waals surface area (Å²) in [6.45, 7) is 71.5. The molecule has 2 atom stereocenters. The van der Waals surface area contributed by atoms with E-state index in [0.717, 1.165) is 95.2 Å². The van der Waals surface area contributed by atoms with Gasteiger partial charge in [-0.2, -0.15) is 0 Å². The van der Waals surface area contributed by atoms with Crippen molar-refractivity contribution in [3.8, 4) is 5.69 Å². The summed E-state index contributed by atoms with van der Waals surface area (Å²) in [5.74, 6) is 3.07. The summed E-state index contributed by atoms with van der Waals surface area (Å²) in [5, 5.41) is 0.568. The van der Waals surface area contributed by atoms with Gasteiger partial charge in [0.2, 0.25) is 0 Å². The Balaban J connectivity index is 0.000000166. The average molecular weight is 1840 g/mol. The number of rotatable bonds is 27. The van der Waals surface area contributed by atoms with Crippen molar-refractivity contribution in [1.29, 1.82) is 0 Å². The van der Waals surface area contributed by atoms with E-state index in [-0.39, 0.29) is 45.6 Å². The van der Waals surface area contributed by atoms with Crippen molar-refractivity contribution in [2.24, 2.45) is 21.8 Å². The van der Waals surface area contributed by atoms with Gasteiger partial charge in [0.15, 0.2) is 11.6 Å². The summed E-state index contributed by atoms with van der Waals surface area (Å²) in [4.78, 5) is 52.8. The van der Waals surface area contributed by atoms with E-state index < -0.39 is 0 Å². The van der Waals surface area contributed by atoms with Gasteiger partial charge in [0.05, 0.1) is 70.3 Å². The van der Waals surface area contributed by atoms with E-state index >= 15 is 0 Å². The molecule has 5 aliphatic rings. The SMILES string of the molecule is CC(=O)c1cccc(C(C)=Nc2c(C)cccc2C(C)C)n1.CC(C)N1CN(CC2C3c4ccccc4C(c4ccccc43)C2CN2CN(C(C)C)c3ccccc32)c2ccccc21.CC(C)P(Cc1ccc(CP(C(C)C)C(C)C)cc1)C(C)C.CCC(=O)c1cccc(C(CC)=Nc2c(C(C)C)cccc2C(C)C)n1.Cc1ccccc1-n1cccc1P(C(C)(C)C)C(C)(C)C. The summed E-state index contributed by atoms with van der Waals surface area (Å²) < 4.78 is 2.40. The molecule has 0 fully saturated rings. The fourth-order valence-corrected chi connectivity index (χ4v) is 29.6. The third-order valence-electron chi connectivity index (χ3n) is 26.9. The van der Waals surface area contributed by atoms with E-state index in [1.807, 2.05) is 38.1 Å². The summed E-state index contributed by atoms with van der Waals surface area (Å²) in [7, 11) is -0.0903. The van der Waals surface area contributed by atoms with Crippen LogP contribution in [-0.4, -0.2) is 109 Å². The first kappa shape index (κ1) is 104. The summed E-state index contributed by atoms with van der Waals surface area (Å²) in [5.41, 5.74) is 33.5. The Morgan fingerprint density at radius 2 is 0.759 bits per heavy atom. The number of anilines is 4. The number of ketones is 2. The Labute approximate surface area is 806 Å². The molecule has 3 aliphatic carbocycles. The highest BCUT2D eigenvalue weighted by molar-refractivity contribution is 7.68. The molecular formula is C119H158N9O2P3. The molecule has 5 heterocycles. The van der Waals surface area contributed by atoms with Crippen molar-refractivity contribution in [1.82, 2.24) is 14.5 Å². The molecule has 0 spiro atoms. The summed E-state index contributed by atoms with van der Waals surface area (Å²) in [6, 6.07) is 84.3. The standard InChI is InChI=1S/C38H42N4.C23H30N2O.C20H36P2.C19H22N2O.C19H28NP/c1-25(2)41-23-39(33-17-9-11-19-35(33)41)21-31-32(22-40-24-42(26(3)4)36-20-12-10-18-34(36)40)38-29-15-7-5-13-27(29)37(31)28-14-6-8-16-30(28)38;1-7-19(20-13-10-14-21(24-20)22(26)8-2)25-23-17(15(3)4)11-9-12-18(23)16(5)6;1-15(2)21(16(3)4)13-19-9-11-20(12-10-19)14-22(17(5)6)18(7)8;1-12(2)16-9-6-8-13(3)19(16)20-14(4)17-10-7-11-18(21-17)15(5)22;1-15-11-8-9-12-16(15)20-14-10-13-17(20)21(18(2,3)4)19(5,6)7/h5-20,25-26,31-32,37-38H,21-24H2,1-4H3;9-16H,7-8H2,1-6H3;9-12,15-18H,13-14H2,1-8H3;6-12H,1-5H3;8-14H,1-7H3. The van der Waals surface area contributed by atoms with Crippen LogP contribution in [-0.2, 0) is 12.3 Å². The molecule has 0 saturated carbocycles. The zero-order valence-electron chi connectivity index (χ0n) is 86.4. The lowest BCUT2D eigenvalue weighted by Crippen LogP contribution is -2.50. The third-order valence-corrected chi connectivity index (χ3v) is 37.1. The van der Waals surface area contributed by atoms with Crippen LogP contribution >= 0.6 is 23.8 Å². The lowest BCUT2D eigenvalue weighted by atomic mass is 9.54. The molecule has 8 aromatic carbocycles. The second-order valence-electron chi connectivity index (χ2n) is 41.6. The number of fused-ring (bicyclic) bond motifs is 3. The van der Waals surface area contributed by atoms with Crippen LogP contribution in [0.25, 0.3) is 5.69 Å². The number of aromatic nitrogens is 3. The number of Topliss-reactive ketones (excluding diaryl/α,β-unsaturated/α-hetero) is 2. The maximum Gasteiger partial charge on any atom is 0.180 e. The molecule has 0 radical (unpaired) electrons. The first-order chi connectivity index (χ1) is 63.1. The van der Waals surface area contributed by atoms with E-state index in [1.54, 1.807) is 34.4 Å². The van der Waals surface area contributed by atoms with Crippen LogP contribution in [0.4, 0.5) is 34.1 Å². The van der Waals surface area contributed by atoms with Crippen LogP contribution in [0, 0.1) is 25.7 Å². The zero-order valence-corrected chi connectivity index (χ0v) is 89.0. The molecule has 0 N–H and O–H groups in total. The van der Waals surface area contributed by atoms with Gasteiger partial charge in [0.25, 0.3) is 0 Å². The van der Waals surface area contributed by atoms with Crippen LogP contribution in [0.5, 0.6) is 0 Å². The molecule has 2 aliphatic heterocycles. The Bertz CT molecular complexity index is 5490. The van der Waals surface area contributed by atoms with Gasteiger partial charge in [-0.25, -0.2) is 9.97 Å². The highest BCUT2D eigenvalue weighted by Gasteiger charge is 2.52.